The summed E-state index contributed by atoms with van der Waals surface area (Å²) in [5.74, 6) is 0. The molecule has 7 nitrogen and oxygen atoms in total. The van der Waals surface area contributed by atoms with Gasteiger partial charge in [-0.25, -0.2) is 9.13 Å². The van der Waals surface area contributed by atoms with E-state index in [0.717, 1.165) is 0 Å². The minimum atomic E-state index is -5.05. The molecule has 11 heteroatoms. The van der Waals surface area contributed by atoms with Gasteiger partial charge in [0.15, 0.2) is 0 Å². The second kappa shape index (κ2) is 5.83. The molecule has 0 rings (SSSR count). The van der Waals surface area contributed by atoms with Crippen LogP contribution in [0.5, 0.6) is 0 Å². The maximum Gasteiger partial charge on any atom is 0.478 e. The summed E-state index contributed by atoms with van der Waals surface area (Å²) in [5.41, 5.74) is 0. The van der Waals surface area contributed by atoms with Crippen molar-refractivity contribution >= 4 is 15.6 Å². The molecule has 0 saturated heterocycles. The molecule has 0 fully saturated rings. The van der Waals surface area contributed by atoms with Gasteiger partial charge >= 0.3 is 15.6 Å². The molecule has 0 unspecified atom stereocenters. The standard InChI is InChI=1S/Co.Ni.H4O7P2/c;;1-8(2,3)7-9(4,5)6/h;;(H2,1,2,3)(H2,4,5,6). The summed E-state index contributed by atoms with van der Waals surface area (Å²) in [4.78, 5) is 31.0. The van der Waals surface area contributed by atoms with Crippen molar-refractivity contribution in [3.63, 3.8) is 0 Å². The van der Waals surface area contributed by atoms with Gasteiger partial charge in [-0.1, -0.05) is 0 Å². The molecule has 0 aliphatic heterocycles. The summed E-state index contributed by atoms with van der Waals surface area (Å²) < 4.78 is 22.2. The van der Waals surface area contributed by atoms with Crippen molar-refractivity contribution in [1.82, 2.24) is 0 Å². The second-order valence-electron chi connectivity index (χ2n) is 1.06. The first-order chi connectivity index (χ1) is 3.71. The zero-order chi connectivity index (χ0) is 7.71. The van der Waals surface area contributed by atoms with Crippen LogP contribution >= 0.6 is 15.6 Å². The fraction of sp³-hybridized carbons (Fsp3) is 0. The van der Waals surface area contributed by atoms with Crippen molar-refractivity contribution in [1.29, 1.82) is 0 Å². The first kappa shape index (κ1) is 18.1. The predicted octanol–water partition coefficient (Wildman–Crippen LogP) is -0.817. The van der Waals surface area contributed by atoms with Gasteiger partial charge in [-0.2, -0.15) is 4.31 Å². The molecule has 0 spiro atoms. The third-order valence-electron chi connectivity index (χ3n) is 0.213. The molecule has 0 bridgehead atoms. The van der Waals surface area contributed by atoms with E-state index in [9.17, 15) is 9.13 Å². The van der Waals surface area contributed by atoms with Gasteiger partial charge < -0.3 is 19.6 Å². The van der Waals surface area contributed by atoms with Crippen LogP contribution in [-0.2, 0) is 46.7 Å². The Balaban J connectivity index is -0.000000320. The number of phosphoric acid groups is 2. The molecule has 0 saturated carbocycles. The van der Waals surface area contributed by atoms with Crippen molar-refractivity contribution in [3.8, 4) is 0 Å². The molecule has 0 atom stereocenters. The van der Waals surface area contributed by atoms with Gasteiger partial charge in [-0.3, -0.25) is 0 Å². The summed E-state index contributed by atoms with van der Waals surface area (Å²) in [6, 6.07) is 0. The predicted molar refractivity (Wildman–Crippen MR) is 25.2 cm³/mol. The Morgan fingerprint density at radius 1 is 0.909 bits per heavy atom. The van der Waals surface area contributed by atoms with Gasteiger partial charge in [0.05, 0.1) is 0 Å². The van der Waals surface area contributed by atoms with Crippen LogP contribution in [0.15, 0.2) is 0 Å². The van der Waals surface area contributed by atoms with E-state index in [2.05, 4.69) is 4.31 Å². The number of hydrogen-bond donors (Lipinski definition) is 4. The summed E-state index contributed by atoms with van der Waals surface area (Å²) >= 11 is 0. The molecule has 0 aromatic rings. The van der Waals surface area contributed by atoms with E-state index in [4.69, 9.17) is 19.6 Å². The van der Waals surface area contributed by atoms with E-state index >= 15 is 0 Å². The van der Waals surface area contributed by atoms with Crippen LogP contribution in [0.3, 0.4) is 0 Å². The van der Waals surface area contributed by atoms with Gasteiger partial charge in [0.25, 0.3) is 0 Å². The molecule has 0 aromatic heterocycles. The van der Waals surface area contributed by atoms with Gasteiger partial charge in [-0.15, -0.1) is 0 Å². The quantitative estimate of drug-likeness (QED) is 0.387. The van der Waals surface area contributed by atoms with Crippen molar-refractivity contribution in [3.05, 3.63) is 0 Å². The van der Waals surface area contributed by atoms with Crippen LogP contribution < -0.4 is 0 Å². The molecular weight excluding hydrogens is 292 g/mol. The third-order valence-corrected chi connectivity index (χ3v) is 1.91. The zero-order valence-corrected chi connectivity index (χ0v) is 8.38. The Bertz CT molecular complexity index is 157. The number of rotatable bonds is 2. The normalized spacial score (nSPS) is 11.3. The molecule has 11 heavy (non-hydrogen) atoms. The summed E-state index contributed by atoms with van der Waals surface area (Å²) in [5, 5.41) is 0. The largest absolute Gasteiger partial charge is 0.478 e. The SMILES string of the molecule is O=P(O)(O)OP(=O)(O)O.[Co].[Ni]. The Morgan fingerprint density at radius 3 is 1.09 bits per heavy atom. The maximum absolute atomic E-state index is 9.63. The van der Waals surface area contributed by atoms with E-state index in [-0.39, 0.29) is 33.3 Å². The molecule has 1 radical (unpaired) electrons. The van der Waals surface area contributed by atoms with Gasteiger partial charge in [0, 0.05) is 33.3 Å². The fourth-order valence-corrected chi connectivity index (χ4v) is 1.25. The van der Waals surface area contributed by atoms with E-state index in [1.54, 1.807) is 0 Å². The maximum atomic E-state index is 9.63. The molecule has 0 aliphatic rings. The monoisotopic (exact) mass is 295 g/mol. The van der Waals surface area contributed by atoms with Gasteiger partial charge in [0.2, 0.25) is 0 Å². The minimum Gasteiger partial charge on any atom is -0.302 e. The van der Waals surface area contributed by atoms with Crippen LogP contribution in [0.1, 0.15) is 0 Å². The molecule has 0 aromatic carbocycles. The summed E-state index contributed by atoms with van der Waals surface area (Å²) in [7, 11) is -10.1. The van der Waals surface area contributed by atoms with Crippen molar-refractivity contribution in [2.75, 3.05) is 0 Å². The second-order valence-corrected chi connectivity index (χ2v) is 3.68. The average molecular weight is 296 g/mol. The Kier molecular flexibility index (Phi) is 9.61. The summed E-state index contributed by atoms with van der Waals surface area (Å²) in [6.45, 7) is 0. The first-order valence-corrected chi connectivity index (χ1v) is 4.59. The van der Waals surface area contributed by atoms with Crippen LogP contribution in [0, 0.1) is 0 Å². The van der Waals surface area contributed by atoms with E-state index in [0.29, 0.717) is 0 Å². The molecule has 75 valence electrons. The minimum absolute atomic E-state index is 0. The molecule has 4 N–H and O–H groups in total. The fourth-order valence-electron chi connectivity index (χ4n) is 0.139. The van der Waals surface area contributed by atoms with Crippen LogP contribution in [0.25, 0.3) is 0 Å². The molecule has 0 amide bonds. The van der Waals surface area contributed by atoms with E-state index < -0.39 is 15.6 Å². The van der Waals surface area contributed by atoms with Gasteiger partial charge in [0.1, 0.15) is 0 Å². The summed E-state index contributed by atoms with van der Waals surface area (Å²) in [6.07, 6.45) is 0. The Labute approximate surface area is 82.1 Å². The van der Waals surface area contributed by atoms with Crippen LogP contribution in [0.4, 0.5) is 0 Å². The van der Waals surface area contributed by atoms with Crippen molar-refractivity contribution in [2.24, 2.45) is 0 Å². The zero-order valence-electron chi connectivity index (χ0n) is 4.56. The first-order valence-electron chi connectivity index (χ1n) is 1.53. The van der Waals surface area contributed by atoms with E-state index in [1.165, 1.54) is 0 Å². The van der Waals surface area contributed by atoms with Crippen LogP contribution in [0.2, 0.25) is 0 Å². The molecular formula is H4CoNiO7P2. The molecule has 0 heterocycles. The average Bonchev–Trinajstić information content (AvgIpc) is 1.14. The van der Waals surface area contributed by atoms with Crippen LogP contribution in [-0.4, -0.2) is 19.6 Å². The topological polar surface area (TPSA) is 124 Å². The Hall–Kier alpha value is 1.26. The number of hydrogen-bond acceptors (Lipinski definition) is 3. The third kappa shape index (κ3) is 18.3. The molecule has 0 aliphatic carbocycles. The van der Waals surface area contributed by atoms with Crippen molar-refractivity contribution < 1.29 is 66.3 Å². The Morgan fingerprint density at radius 2 is 1.09 bits per heavy atom. The van der Waals surface area contributed by atoms with Crippen molar-refractivity contribution in [2.45, 2.75) is 0 Å². The van der Waals surface area contributed by atoms with E-state index in [1.807, 2.05) is 0 Å². The van der Waals surface area contributed by atoms with Gasteiger partial charge in [-0.05, 0) is 0 Å². The smallest absolute Gasteiger partial charge is 0.302 e.